The van der Waals surface area contributed by atoms with Gasteiger partial charge in [-0.1, -0.05) is 0 Å². The third-order valence-electron chi connectivity index (χ3n) is 5.52. The molecule has 29 heavy (non-hydrogen) atoms. The van der Waals surface area contributed by atoms with Crippen LogP contribution in [-0.4, -0.2) is 25.2 Å². The van der Waals surface area contributed by atoms with Crippen molar-refractivity contribution in [3.63, 3.8) is 0 Å². The van der Waals surface area contributed by atoms with Gasteiger partial charge in [-0.05, 0) is 0 Å². The van der Waals surface area contributed by atoms with Gasteiger partial charge in [-0.3, -0.25) is 0 Å². The second kappa shape index (κ2) is 14.5. The number of ether oxygens (including phenoxy) is 2. The van der Waals surface area contributed by atoms with Crippen molar-refractivity contribution in [1.82, 2.24) is 0 Å². The standard InChI is InChI=1S/C14H19O2.3C4H9.Sn/c1-14(2,3)9-10-15-12-16-11-13-7-5-4-6-8-13;3*1-3-4-2;/h4-9H,11-12H2,1-3H3;3*1,3-4H2,2H3;. The van der Waals surface area contributed by atoms with E-state index in [4.69, 9.17) is 9.47 Å². The molecule has 0 saturated carbocycles. The summed E-state index contributed by atoms with van der Waals surface area (Å²) in [6.45, 7) is 14.9. The van der Waals surface area contributed by atoms with Crippen LogP contribution in [0.4, 0.5) is 0 Å². The zero-order valence-electron chi connectivity index (χ0n) is 20.1. The Bertz CT molecular complexity index is 538. The van der Waals surface area contributed by atoms with Gasteiger partial charge >= 0.3 is 186 Å². The van der Waals surface area contributed by atoms with Crippen LogP contribution in [0.1, 0.15) is 85.6 Å². The fourth-order valence-electron chi connectivity index (χ4n) is 3.87. The van der Waals surface area contributed by atoms with Gasteiger partial charge in [0.25, 0.3) is 0 Å². The first-order chi connectivity index (χ1) is 13.9. The van der Waals surface area contributed by atoms with Crippen molar-refractivity contribution in [2.75, 3.05) is 6.79 Å². The molecule has 0 aromatic heterocycles. The maximum absolute atomic E-state index is 6.53. The minimum absolute atomic E-state index is 0.140. The van der Waals surface area contributed by atoms with Gasteiger partial charge < -0.3 is 0 Å². The summed E-state index contributed by atoms with van der Waals surface area (Å²) in [5.41, 5.74) is 1.34. The molecule has 0 radical (unpaired) electrons. The van der Waals surface area contributed by atoms with Gasteiger partial charge in [-0.2, -0.15) is 0 Å². The summed E-state index contributed by atoms with van der Waals surface area (Å²) in [6, 6.07) is 10.4. The number of allylic oxidation sites excluding steroid dienone is 1. The summed E-state index contributed by atoms with van der Waals surface area (Å²) in [5.74, 6) is 0. The zero-order valence-corrected chi connectivity index (χ0v) is 22.9. The average molecular weight is 509 g/mol. The van der Waals surface area contributed by atoms with Crippen molar-refractivity contribution < 1.29 is 9.47 Å². The van der Waals surface area contributed by atoms with Gasteiger partial charge in [0.05, 0.1) is 0 Å². The molecule has 0 amide bonds. The van der Waals surface area contributed by atoms with Crippen LogP contribution in [0.5, 0.6) is 0 Å². The molecule has 0 fully saturated rings. The molecule has 0 N–H and O–H groups in total. The van der Waals surface area contributed by atoms with E-state index in [9.17, 15) is 0 Å². The number of unbranched alkanes of at least 4 members (excludes halogenated alkanes) is 3. The van der Waals surface area contributed by atoms with Crippen molar-refractivity contribution in [2.45, 2.75) is 100.0 Å². The fourth-order valence-corrected chi connectivity index (χ4v) is 20.1. The van der Waals surface area contributed by atoms with E-state index in [1.165, 1.54) is 61.2 Å². The Morgan fingerprint density at radius 2 is 1.38 bits per heavy atom. The molecule has 0 unspecified atom stereocenters. The molecule has 0 atom stereocenters. The fraction of sp³-hybridized carbons (Fsp3) is 0.692. The molecule has 0 saturated heterocycles. The van der Waals surface area contributed by atoms with Crippen LogP contribution in [0.2, 0.25) is 13.3 Å². The average Bonchev–Trinajstić information content (AvgIpc) is 2.70. The Labute approximate surface area is 185 Å². The molecule has 0 aliphatic carbocycles. The Morgan fingerprint density at radius 1 is 0.862 bits per heavy atom. The molecular weight excluding hydrogens is 463 g/mol. The van der Waals surface area contributed by atoms with Gasteiger partial charge in [0, 0.05) is 0 Å². The molecule has 0 aliphatic rings. The van der Waals surface area contributed by atoms with Gasteiger partial charge in [0.15, 0.2) is 0 Å². The van der Waals surface area contributed by atoms with Crippen LogP contribution in [0.25, 0.3) is 0 Å². The molecule has 166 valence electrons. The van der Waals surface area contributed by atoms with Gasteiger partial charge in [0.2, 0.25) is 0 Å². The van der Waals surface area contributed by atoms with Gasteiger partial charge in [-0.15, -0.1) is 0 Å². The predicted molar refractivity (Wildman–Crippen MR) is 130 cm³/mol. The molecule has 0 aliphatic heterocycles. The predicted octanol–water partition coefficient (Wildman–Crippen LogP) is 8.50. The van der Waals surface area contributed by atoms with Gasteiger partial charge in [-0.25, -0.2) is 0 Å². The number of hydrogen-bond donors (Lipinski definition) is 0. The van der Waals surface area contributed by atoms with Crippen LogP contribution < -0.4 is 0 Å². The molecule has 0 bridgehead atoms. The van der Waals surface area contributed by atoms with E-state index in [0.717, 1.165) is 0 Å². The van der Waals surface area contributed by atoms with Crippen molar-refractivity contribution in [1.29, 1.82) is 0 Å². The quantitative estimate of drug-likeness (QED) is 0.102. The number of hydrogen-bond acceptors (Lipinski definition) is 2. The summed E-state index contributed by atoms with van der Waals surface area (Å²) < 4.78 is 18.1. The Kier molecular flexibility index (Phi) is 13.3. The van der Waals surface area contributed by atoms with Crippen LogP contribution in [0.3, 0.4) is 0 Å². The van der Waals surface area contributed by atoms with E-state index in [0.29, 0.717) is 13.4 Å². The second-order valence-electron chi connectivity index (χ2n) is 9.56. The molecule has 3 heteroatoms. The third-order valence-corrected chi connectivity index (χ3v) is 20.6. The van der Waals surface area contributed by atoms with Crippen molar-refractivity contribution in [2.24, 2.45) is 5.41 Å². The van der Waals surface area contributed by atoms with Crippen molar-refractivity contribution in [3.8, 4) is 0 Å². The van der Waals surface area contributed by atoms with Crippen LogP contribution in [0, 0.1) is 5.41 Å². The van der Waals surface area contributed by atoms with Gasteiger partial charge in [0.1, 0.15) is 0 Å². The van der Waals surface area contributed by atoms with E-state index in [1.807, 2.05) is 6.07 Å². The van der Waals surface area contributed by atoms with Crippen molar-refractivity contribution in [3.05, 3.63) is 45.7 Å². The first-order valence-corrected chi connectivity index (χ1v) is 19.3. The third kappa shape index (κ3) is 10.9. The summed E-state index contributed by atoms with van der Waals surface area (Å²) in [7, 11) is 0. The first-order valence-electron chi connectivity index (χ1n) is 11.8. The van der Waals surface area contributed by atoms with Crippen LogP contribution in [-0.2, 0) is 16.1 Å². The SMILES string of the molecule is CCC[CH2][Sn]([CH2]CCC)([CH2]CCC)/[C](=C/C(C)(C)C)OCOCc1ccccc1. The molecule has 0 spiro atoms. The van der Waals surface area contributed by atoms with E-state index in [-0.39, 0.29) is 5.41 Å². The summed E-state index contributed by atoms with van der Waals surface area (Å²) in [5, 5.41) is 0. The Hall–Kier alpha value is -0.481. The molecule has 1 aromatic carbocycles. The summed E-state index contributed by atoms with van der Waals surface area (Å²) in [6.07, 6.45) is 10.4. The van der Waals surface area contributed by atoms with E-state index in [1.54, 1.807) is 0 Å². The first kappa shape index (κ1) is 26.6. The number of benzene rings is 1. The molecule has 1 rings (SSSR count). The second-order valence-corrected chi connectivity index (χ2v) is 22.6. The zero-order chi connectivity index (χ0) is 21.6. The normalized spacial score (nSPS) is 13.0. The van der Waals surface area contributed by atoms with Crippen LogP contribution >= 0.6 is 0 Å². The molecule has 1 aromatic rings. The van der Waals surface area contributed by atoms with Crippen LogP contribution in [0.15, 0.2) is 40.2 Å². The monoisotopic (exact) mass is 510 g/mol. The molecule has 0 heterocycles. The summed E-state index contributed by atoms with van der Waals surface area (Å²) in [4.78, 5) is 0. The minimum atomic E-state index is -2.60. The van der Waals surface area contributed by atoms with Crippen molar-refractivity contribution >= 4 is 18.4 Å². The Morgan fingerprint density at radius 3 is 1.83 bits per heavy atom. The van der Waals surface area contributed by atoms with E-state index in [2.05, 4.69) is 71.9 Å². The molecule has 2 nitrogen and oxygen atoms in total. The molecular formula is C26H46O2Sn. The van der Waals surface area contributed by atoms with E-state index >= 15 is 0 Å². The number of rotatable bonds is 15. The maximum atomic E-state index is 6.53. The van der Waals surface area contributed by atoms with E-state index < -0.39 is 18.4 Å². The topological polar surface area (TPSA) is 18.5 Å². The Balaban J connectivity index is 3.00. The summed E-state index contributed by atoms with van der Waals surface area (Å²) >= 11 is -2.60.